The first-order valence-corrected chi connectivity index (χ1v) is 11.6. The van der Waals surface area contributed by atoms with Crippen LogP contribution in [-0.2, 0) is 21.1 Å². The number of piperazine rings is 1. The number of alkyl halides is 2. The van der Waals surface area contributed by atoms with Crippen LogP contribution in [0.5, 0.6) is 0 Å². The third-order valence-electron chi connectivity index (χ3n) is 5.16. The normalized spacial score (nSPS) is 18.3. The van der Waals surface area contributed by atoms with Crippen molar-refractivity contribution >= 4 is 21.5 Å². The van der Waals surface area contributed by atoms with Gasteiger partial charge in [0.1, 0.15) is 22.4 Å². The van der Waals surface area contributed by atoms with Gasteiger partial charge in [0.25, 0.3) is 0 Å². The first-order valence-electron chi connectivity index (χ1n) is 10.0. The maximum Gasteiger partial charge on any atom is 0.410 e. The molecule has 1 aliphatic rings. The molecule has 1 heterocycles. The molecule has 1 saturated heterocycles. The summed E-state index contributed by atoms with van der Waals surface area (Å²) in [5.74, 6) is 5.94. The van der Waals surface area contributed by atoms with E-state index in [-0.39, 0.29) is 17.5 Å². The quantitative estimate of drug-likeness (QED) is 0.663. The van der Waals surface area contributed by atoms with Crippen molar-refractivity contribution in [1.82, 2.24) is 4.90 Å². The predicted molar refractivity (Wildman–Crippen MR) is 119 cm³/mol. The molecule has 1 amide bonds. The summed E-state index contributed by atoms with van der Waals surface area (Å²) in [5, 5.41) is -3.64. The van der Waals surface area contributed by atoms with Gasteiger partial charge in [-0.15, -0.1) is 5.92 Å². The molecule has 2 aromatic carbocycles. The summed E-state index contributed by atoms with van der Waals surface area (Å²) < 4.78 is 52.3. The molecule has 0 saturated carbocycles. The fraction of sp³-hybridized carbons (Fsp3) is 0.348. The number of anilines is 1. The molecule has 0 spiro atoms. The van der Waals surface area contributed by atoms with Crippen LogP contribution in [0.25, 0.3) is 0 Å². The Morgan fingerprint density at radius 3 is 2.44 bits per heavy atom. The van der Waals surface area contributed by atoms with Crippen molar-refractivity contribution in [3.8, 4) is 11.8 Å². The van der Waals surface area contributed by atoms with E-state index in [1.54, 1.807) is 24.0 Å². The second-order valence-electron chi connectivity index (χ2n) is 7.45. The van der Waals surface area contributed by atoms with Gasteiger partial charge in [0.2, 0.25) is 0 Å². The molecule has 9 heteroatoms. The third kappa shape index (κ3) is 5.19. The minimum atomic E-state index is -4.25. The molecule has 0 radical (unpaired) electrons. The van der Waals surface area contributed by atoms with E-state index in [9.17, 15) is 17.8 Å². The highest BCUT2D eigenvalue weighted by Crippen LogP contribution is 2.31. The van der Waals surface area contributed by atoms with E-state index in [2.05, 4.69) is 11.8 Å². The van der Waals surface area contributed by atoms with Crippen LogP contribution in [0.1, 0.15) is 19.4 Å². The minimum absolute atomic E-state index is 0.180. The van der Waals surface area contributed by atoms with Gasteiger partial charge in [-0.05, 0) is 36.8 Å². The van der Waals surface area contributed by atoms with Crippen LogP contribution in [0, 0.1) is 16.6 Å². The standard InChI is InChI=1S/C23H25F2N3O3S/c1-3-7-20-16-27(22(29)31-17-18-8-5-4-6-9-18)14-15-28(20)19-10-12-21(13-11-19)32(26,30)23(2,24)25/h4-6,8-13,20,26H,14-17H2,1-2H3/t20-,32?/m0/s1. The Kier molecular flexibility index (Phi) is 7.04. The number of hydrogen-bond acceptors (Lipinski definition) is 5. The van der Waals surface area contributed by atoms with Crippen molar-refractivity contribution in [2.75, 3.05) is 24.5 Å². The number of halogens is 2. The molecule has 1 fully saturated rings. The van der Waals surface area contributed by atoms with E-state index in [0.717, 1.165) is 5.56 Å². The van der Waals surface area contributed by atoms with Crippen molar-refractivity contribution in [2.45, 2.75) is 36.6 Å². The first-order chi connectivity index (χ1) is 15.1. The van der Waals surface area contributed by atoms with Crippen LogP contribution in [-0.4, -0.2) is 46.1 Å². The Balaban J connectivity index is 1.70. The van der Waals surface area contributed by atoms with Gasteiger partial charge in [0.15, 0.2) is 0 Å². The van der Waals surface area contributed by atoms with Crippen molar-refractivity contribution in [3.63, 3.8) is 0 Å². The smallest absolute Gasteiger partial charge is 0.410 e. The predicted octanol–water partition coefficient (Wildman–Crippen LogP) is 4.56. The Morgan fingerprint density at radius 2 is 1.84 bits per heavy atom. The highest BCUT2D eigenvalue weighted by Gasteiger charge is 2.37. The molecule has 1 unspecified atom stereocenters. The number of hydrogen-bond donors (Lipinski definition) is 1. The van der Waals surface area contributed by atoms with E-state index >= 15 is 0 Å². The molecule has 3 rings (SSSR count). The van der Waals surface area contributed by atoms with Crippen LogP contribution in [0.4, 0.5) is 19.3 Å². The number of rotatable bonds is 5. The lowest BCUT2D eigenvalue weighted by atomic mass is 10.1. The van der Waals surface area contributed by atoms with E-state index in [0.29, 0.717) is 32.2 Å². The van der Waals surface area contributed by atoms with E-state index in [1.165, 1.54) is 12.1 Å². The summed E-state index contributed by atoms with van der Waals surface area (Å²) in [6.07, 6.45) is -0.425. The number of ether oxygens (including phenoxy) is 1. The van der Waals surface area contributed by atoms with Crippen molar-refractivity contribution in [2.24, 2.45) is 0 Å². The molecule has 1 aliphatic heterocycles. The zero-order valence-electron chi connectivity index (χ0n) is 17.9. The van der Waals surface area contributed by atoms with E-state index < -0.39 is 21.1 Å². The molecule has 32 heavy (non-hydrogen) atoms. The maximum absolute atomic E-state index is 13.6. The number of nitrogens with one attached hydrogen (secondary N) is 1. The molecule has 0 aliphatic carbocycles. The van der Waals surface area contributed by atoms with Gasteiger partial charge in [-0.1, -0.05) is 36.3 Å². The third-order valence-corrected chi connectivity index (χ3v) is 7.11. The van der Waals surface area contributed by atoms with Crippen molar-refractivity contribution in [1.29, 1.82) is 4.78 Å². The van der Waals surface area contributed by atoms with Crippen LogP contribution in [0.3, 0.4) is 0 Å². The van der Waals surface area contributed by atoms with E-state index in [4.69, 9.17) is 9.52 Å². The van der Waals surface area contributed by atoms with Gasteiger partial charge in [0.05, 0.1) is 11.4 Å². The summed E-state index contributed by atoms with van der Waals surface area (Å²) in [4.78, 5) is 15.8. The molecular weight excluding hydrogens is 436 g/mol. The number of carbonyl (C=O) groups is 1. The van der Waals surface area contributed by atoms with Crippen LogP contribution >= 0.6 is 0 Å². The molecular formula is C23H25F2N3O3S. The number of benzene rings is 2. The first kappa shape index (κ1) is 23.5. The van der Waals surface area contributed by atoms with Crippen molar-refractivity contribution in [3.05, 3.63) is 60.2 Å². The van der Waals surface area contributed by atoms with Crippen LogP contribution in [0.2, 0.25) is 0 Å². The number of amides is 1. The highest BCUT2D eigenvalue weighted by molar-refractivity contribution is 7.93. The minimum Gasteiger partial charge on any atom is -0.445 e. The Bertz CT molecular complexity index is 1110. The van der Waals surface area contributed by atoms with Gasteiger partial charge in [-0.3, -0.25) is 0 Å². The maximum atomic E-state index is 13.6. The fourth-order valence-corrected chi connectivity index (χ4v) is 4.33. The largest absolute Gasteiger partial charge is 0.445 e. The Hall–Kier alpha value is -3.12. The zero-order chi connectivity index (χ0) is 23.4. The molecule has 2 aromatic rings. The lowest BCUT2D eigenvalue weighted by Gasteiger charge is -2.40. The summed E-state index contributed by atoms with van der Waals surface area (Å²) in [6, 6.07) is 14.8. The average molecular weight is 462 g/mol. The fourth-order valence-electron chi connectivity index (χ4n) is 3.39. The highest BCUT2D eigenvalue weighted by atomic mass is 32.2. The van der Waals surface area contributed by atoms with Crippen LogP contribution in [0.15, 0.2) is 59.5 Å². The van der Waals surface area contributed by atoms with Crippen molar-refractivity contribution < 1.29 is 22.5 Å². The summed E-state index contributed by atoms with van der Waals surface area (Å²) >= 11 is 0. The summed E-state index contributed by atoms with van der Waals surface area (Å²) in [6.45, 7) is 3.54. The Labute approximate surface area is 187 Å². The van der Waals surface area contributed by atoms with Gasteiger partial charge < -0.3 is 14.5 Å². The van der Waals surface area contributed by atoms with Crippen LogP contribution < -0.4 is 4.90 Å². The number of carbonyl (C=O) groups excluding carboxylic acids is 1. The average Bonchev–Trinajstić information content (AvgIpc) is 2.78. The second kappa shape index (κ2) is 9.57. The SMILES string of the molecule is CC#C[C@H]1CN(C(=O)OCc2ccccc2)CCN1c1ccc(S(=N)(=O)C(C)(F)F)cc1. The molecule has 6 nitrogen and oxygen atoms in total. The second-order valence-corrected chi connectivity index (χ2v) is 9.75. The summed E-state index contributed by atoms with van der Waals surface area (Å²) in [7, 11) is -4.25. The van der Waals surface area contributed by atoms with Gasteiger partial charge >= 0.3 is 11.3 Å². The molecule has 1 N–H and O–H groups in total. The lowest BCUT2D eigenvalue weighted by molar-refractivity contribution is 0.0916. The number of nitrogens with zero attached hydrogens (tertiary/aromatic N) is 2. The Morgan fingerprint density at radius 1 is 1.19 bits per heavy atom. The zero-order valence-corrected chi connectivity index (χ0v) is 18.7. The van der Waals surface area contributed by atoms with Gasteiger partial charge in [-0.2, -0.15) is 8.78 Å². The summed E-state index contributed by atoms with van der Waals surface area (Å²) in [5.41, 5.74) is 1.58. The monoisotopic (exact) mass is 461 g/mol. The van der Waals surface area contributed by atoms with Gasteiger partial charge in [0, 0.05) is 25.7 Å². The van der Waals surface area contributed by atoms with E-state index in [1.807, 2.05) is 35.2 Å². The topological polar surface area (TPSA) is 73.7 Å². The molecule has 2 atom stereocenters. The molecule has 0 bridgehead atoms. The molecule has 170 valence electrons. The van der Waals surface area contributed by atoms with Gasteiger partial charge in [-0.25, -0.2) is 13.8 Å². The molecule has 0 aromatic heterocycles. The lowest BCUT2D eigenvalue weighted by Crippen LogP contribution is -2.54.